The lowest BCUT2D eigenvalue weighted by Gasteiger charge is -2.10. The maximum absolute atomic E-state index is 12.4. The van der Waals surface area contributed by atoms with Crippen LogP contribution in [0.3, 0.4) is 0 Å². The lowest BCUT2D eigenvalue weighted by atomic mass is 10.2. The van der Waals surface area contributed by atoms with Crippen LogP contribution in [-0.2, 0) is 4.79 Å². The first-order valence-electron chi connectivity index (χ1n) is 11.1. The number of rotatable bonds is 10. The van der Waals surface area contributed by atoms with Crippen molar-refractivity contribution in [3.05, 3.63) is 78.4 Å². The van der Waals surface area contributed by atoms with Gasteiger partial charge in [-0.1, -0.05) is 30.0 Å². The average molecular weight is 504 g/mol. The normalized spacial score (nSPS) is 10.9. The summed E-state index contributed by atoms with van der Waals surface area (Å²) < 4.78 is 12.5. The number of thioether (sulfide) groups is 1. The van der Waals surface area contributed by atoms with Crippen molar-refractivity contribution >= 4 is 23.9 Å². The molecule has 1 aromatic heterocycles. The summed E-state index contributed by atoms with van der Waals surface area (Å²) in [5.74, 6) is 1.60. The van der Waals surface area contributed by atoms with Gasteiger partial charge >= 0.3 is 0 Å². The molecule has 0 spiro atoms. The third-order valence-electron chi connectivity index (χ3n) is 5.01. The molecule has 2 N–H and O–H groups in total. The number of phenolic OH excluding ortho intramolecular Hbond substituents is 1. The van der Waals surface area contributed by atoms with Crippen LogP contribution < -0.4 is 14.9 Å². The molecule has 0 aliphatic rings. The van der Waals surface area contributed by atoms with E-state index < -0.39 is 0 Å². The molecule has 0 aliphatic heterocycles. The van der Waals surface area contributed by atoms with E-state index >= 15 is 0 Å². The zero-order valence-corrected chi connectivity index (χ0v) is 20.6. The van der Waals surface area contributed by atoms with E-state index in [-0.39, 0.29) is 17.4 Å². The van der Waals surface area contributed by atoms with Crippen LogP contribution in [0.5, 0.6) is 17.2 Å². The predicted octanol–water partition coefficient (Wildman–Crippen LogP) is 4.29. The number of aromatic hydroxyl groups is 1. The van der Waals surface area contributed by atoms with E-state index in [0.29, 0.717) is 28.9 Å². The largest absolute Gasteiger partial charge is 0.504 e. The number of phenols is 1. The van der Waals surface area contributed by atoms with Gasteiger partial charge in [0.25, 0.3) is 5.91 Å². The van der Waals surface area contributed by atoms with Gasteiger partial charge in [-0.15, -0.1) is 10.2 Å². The Morgan fingerprint density at radius 2 is 1.89 bits per heavy atom. The third kappa shape index (κ3) is 6.02. The Balaban J connectivity index is 1.46. The fraction of sp³-hybridized carbons (Fsp3) is 0.154. The highest BCUT2D eigenvalue weighted by Crippen LogP contribution is 2.29. The standard InChI is InChI=1S/C26H25N5O4S/c1-3-35-23-15-18(9-14-22(23)32)16-27-28-24(33)17-36-26-30-29-25(19-10-12-21(34-2)13-11-19)31(26)20-7-5-4-6-8-20/h4-16,32H,3,17H2,1-2H3,(H,28,33)/b27-16-. The van der Waals surface area contributed by atoms with Gasteiger partial charge in [0.15, 0.2) is 22.5 Å². The number of ether oxygens (including phenoxy) is 2. The van der Waals surface area contributed by atoms with Crippen LogP contribution in [0, 0.1) is 0 Å². The molecule has 1 amide bonds. The average Bonchev–Trinajstić information content (AvgIpc) is 3.34. The molecule has 0 bridgehead atoms. The minimum Gasteiger partial charge on any atom is -0.504 e. The smallest absolute Gasteiger partial charge is 0.250 e. The van der Waals surface area contributed by atoms with Crippen molar-refractivity contribution < 1.29 is 19.4 Å². The molecule has 0 fully saturated rings. The number of benzene rings is 3. The van der Waals surface area contributed by atoms with Gasteiger partial charge in [-0.3, -0.25) is 9.36 Å². The molecule has 3 aromatic carbocycles. The highest BCUT2D eigenvalue weighted by atomic mass is 32.2. The van der Waals surface area contributed by atoms with Crippen LogP contribution >= 0.6 is 11.8 Å². The molecule has 0 radical (unpaired) electrons. The first kappa shape index (κ1) is 24.8. The van der Waals surface area contributed by atoms with E-state index in [4.69, 9.17) is 9.47 Å². The first-order chi connectivity index (χ1) is 17.6. The van der Waals surface area contributed by atoms with Crippen LogP contribution in [0.2, 0.25) is 0 Å². The Labute approximate surface area is 212 Å². The Morgan fingerprint density at radius 3 is 2.61 bits per heavy atom. The van der Waals surface area contributed by atoms with Crippen molar-refractivity contribution in [3.8, 4) is 34.3 Å². The van der Waals surface area contributed by atoms with E-state index in [2.05, 4.69) is 20.7 Å². The number of hydrogen-bond donors (Lipinski definition) is 2. The topological polar surface area (TPSA) is 111 Å². The summed E-state index contributed by atoms with van der Waals surface area (Å²) >= 11 is 1.26. The van der Waals surface area contributed by atoms with Gasteiger partial charge in [0.1, 0.15) is 5.75 Å². The summed E-state index contributed by atoms with van der Waals surface area (Å²) in [6.45, 7) is 2.26. The van der Waals surface area contributed by atoms with E-state index in [0.717, 1.165) is 17.0 Å². The van der Waals surface area contributed by atoms with Gasteiger partial charge in [-0.2, -0.15) is 5.10 Å². The monoisotopic (exact) mass is 503 g/mol. The van der Waals surface area contributed by atoms with Crippen molar-refractivity contribution in [2.24, 2.45) is 5.10 Å². The summed E-state index contributed by atoms with van der Waals surface area (Å²) in [4.78, 5) is 12.4. The van der Waals surface area contributed by atoms with Gasteiger partial charge < -0.3 is 14.6 Å². The molecule has 0 saturated heterocycles. The van der Waals surface area contributed by atoms with Gasteiger partial charge in [-0.05, 0) is 67.1 Å². The molecule has 0 aliphatic carbocycles. The number of hydrazone groups is 1. The Morgan fingerprint density at radius 1 is 1.11 bits per heavy atom. The molecule has 4 rings (SSSR count). The third-order valence-corrected chi connectivity index (χ3v) is 5.94. The van der Waals surface area contributed by atoms with E-state index in [1.54, 1.807) is 19.2 Å². The van der Waals surface area contributed by atoms with E-state index in [1.165, 1.54) is 24.0 Å². The van der Waals surface area contributed by atoms with Gasteiger partial charge in [-0.25, -0.2) is 5.43 Å². The predicted molar refractivity (Wildman–Crippen MR) is 139 cm³/mol. The zero-order valence-electron chi connectivity index (χ0n) is 19.8. The quantitative estimate of drug-likeness (QED) is 0.189. The maximum atomic E-state index is 12.4. The highest BCUT2D eigenvalue weighted by Gasteiger charge is 2.17. The number of carbonyl (C=O) groups is 1. The number of nitrogens with zero attached hydrogens (tertiary/aromatic N) is 4. The van der Waals surface area contributed by atoms with Crippen molar-refractivity contribution in [3.63, 3.8) is 0 Å². The summed E-state index contributed by atoms with van der Waals surface area (Å²) in [5.41, 5.74) is 4.94. The van der Waals surface area contributed by atoms with E-state index in [1.807, 2.05) is 66.1 Å². The molecule has 1 heterocycles. The molecule has 184 valence electrons. The second-order valence-electron chi connectivity index (χ2n) is 7.45. The minimum absolute atomic E-state index is 0.0472. The lowest BCUT2D eigenvalue weighted by molar-refractivity contribution is -0.118. The van der Waals surface area contributed by atoms with Crippen LogP contribution in [-0.4, -0.2) is 51.5 Å². The minimum atomic E-state index is -0.298. The van der Waals surface area contributed by atoms with Crippen molar-refractivity contribution in [1.82, 2.24) is 20.2 Å². The second kappa shape index (κ2) is 11.9. The number of para-hydroxylation sites is 1. The maximum Gasteiger partial charge on any atom is 0.250 e. The lowest BCUT2D eigenvalue weighted by Crippen LogP contribution is -2.20. The van der Waals surface area contributed by atoms with Gasteiger partial charge in [0.05, 0.1) is 25.7 Å². The summed E-state index contributed by atoms with van der Waals surface area (Å²) in [6.07, 6.45) is 1.48. The van der Waals surface area contributed by atoms with Crippen molar-refractivity contribution in [2.45, 2.75) is 12.1 Å². The summed E-state index contributed by atoms with van der Waals surface area (Å²) in [7, 11) is 1.62. The van der Waals surface area contributed by atoms with Gasteiger partial charge in [0.2, 0.25) is 0 Å². The molecular weight excluding hydrogens is 478 g/mol. The molecule has 36 heavy (non-hydrogen) atoms. The molecule has 0 unspecified atom stereocenters. The number of hydrogen-bond acceptors (Lipinski definition) is 8. The number of aromatic nitrogens is 3. The van der Waals surface area contributed by atoms with Crippen LogP contribution in [0.1, 0.15) is 12.5 Å². The number of carbonyl (C=O) groups excluding carboxylic acids is 1. The van der Waals surface area contributed by atoms with Crippen molar-refractivity contribution in [2.75, 3.05) is 19.5 Å². The summed E-state index contributed by atoms with van der Waals surface area (Å²) in [5, 5.41) is 23.1. The summed E-state index contributed by atoms with van der Waals surface area (Å²) in [6, 6.07) is 22.1. The fourth-order valence-electron chi connectivity index (χ4n) is 3.32. The Hall–Kier alpha value is -4.31. The van der Waals surface area contributed by atoms with Crippen LogP contribution in [0.15, 0.2) is 83.1 Å². The number of nitrogens with one attached hydrogen (secondary N) is 1. The first-order valence-corrected chi connectivity index (χ1v) is 12.1. The SMILES string of the molecule is CCOc1cc(/C=N\NC(=O)CSc2nnc(-c3ccc(OC)cc3)n2-c2ccccc2)ccc1O. The Kier molecular flexibility index (Phi) is 8.20. The highest BCUT2D eigenvalue weighted by molar-refractivity contribution is 7.99. The second-order valence-corrected chi connectivity index (χ2v) is 8.39. The molecule has 10 heteroatoms. The van der Waals surface area contributed by atoms with Crippen LogP contribution in [0.4, 0.5) is 0 Å². The molecule has 0 saturated carbocycles. The number of methoxy groups -OCH3 is 1. The van der Waals surface area contributed by atoms with Crippen molar-refractivity contribution in [1.29, 1.82) is 0 Å². The molecule has 4 aromatic rings. The fourth-order valence-corrected chi connectivity index (χ4v) is 4.07. The zero-order chi connectivity index (χ0) is 25.3. The molecule has 0 atom stereocenters. The molecule has 9 nitrogen and oxygen atoms in total. The van der Waals surface area contributed by atoms with Crippen LogP contribution in [0.25, 0.3) is 17.1 Å². The molecular formula is C26H25N5O4S. The van der Waals surface area contributed by atoms with Gasteiger partial charge in [0, 0.05) is 11.3 Å². The number of amides is 1. The van der Waals surface area contributed by atoms with E-state index in [9.17, 15) is 9.90 Å². The Bertz CT molecular complexity index is 1340.